The monoisotopic (exact) mass is 436 g/mol. The van der Waals surface area contributed by atoms with E-state index in [0.29, 0.717) is 0 Å². The van der Waals surface area contributed by atoms with Gasteiger partial charge in [0.15, 0.2) is 0 Å². The molecule has 0 bridgehead atoms. The molecule has 1 saturated heterocycles. The summed E-state index contributed by atoms with van der Waals surface area (Å²) in [4.78, 5) is 38.5. The maximum Gasteiger partial charge on any atom is 1.00 e. The van der Waals surface area contributed by atoms with Gasteiger partial charge in [-0.15, -0.1) is 23.1 Å². The van der Waals surface area contributed by atoms with E-state index < -0.39 is 35.0 Å². The number of carbonyl (C=O) groups excluding carboxylic acids is 3. The van der Waals surface area contributed by atoms with Gasteiger partial charge in [0, 0.05) is 17.7 Å². The molecule has 8 nitrogen and oxygen atoms in total. The molecule has 2 aliphatic heterocycles. The Hall–Kier alpha value is -0.244. The number of rotatable bonds is 6. The van der Waals surface area contributed by atoms with Crippen LogP contribution < -0.4 is 61.8 Å². The predicted molar refractivity (Wildman–Crippen MR) is 92.7 cm³/mol. The van der Waals surface area contributed by atoms with Gasteiger partial charge in [-0.1, -0.05) is 6.07 Å². The topological polar surface area (TPSA) is 119 Å². The quantitative estimate of drug-likeness (QED) is 0.265. The average Bonchev–Trinajstić information content (AvgIpc) is 3.10. The van der Waals surface area contributed by atoms with Gasteiger partial charge >= 0.3 is 51.4 Å². The van der Waals surface area contributed by atoms with Crippen LogP contribution in [0.4, 0.5) is 0 Å². The van der Waals surface area contributed by atoms with Crippen molar-refractivity contribution in [2.24, 2.45) is 0 Å². The molecular weight excluding hydrogens is 419 g/mol. The maximum atomic E-state index is 12.7. The Balaban J connectivity index is 0.00000261. The minimum atomic E-state index is -1.63. The van der Waals surface area contributed by atoms with E-state index >= 15 is 0 Å². The Kier molecular flexibility index (Phi) is 7.73. The van der Waals surface area contributed by atoms with E-state index in [1.807, 2.05) is 11.4 Å². The van der Waals surface area contributed by atoms with E-state index in [-0.39, 0.29) is 74.8 Å². The summed E-state index contributed by atoms with van der Waals surface area (Å²) in [6, 6.07) is 3.63. The third-order valence-corrected chi connectivity index (χ3v) is 6.53. The number of carboxylic acid groups (broad SMARTS) is 1. The molecule has 3 heterocycles. The smallest absolute Gasteiger partial charge is 0.543 e. The molecule has 27 heavy (non-hydrogen) atoms. The number of fused-ring (bicyclic) bond motifs is 1. The largest absolute Gasteiger partial charge is 1.00 e. The number of thioether (sulfide) groups is 1. The van der Waals surface area contributed by atoms with Crippen LogP contribution in [0.1, 0.15) is 11.8 Å². The van der Waals surface area contributed by atoms with E-state index in [0.717, 1.165) is 9.78 Å². The van der Waals surface area contributed by atoms with Gasteiger partial charge in [-0.25, -0.2) is 0 Å². The average molecular weight is 437 g/mol. The van der Waals surface area contributed by atoms with Gasteiger partial charge in [0.2, 0.25) is 5.91 Å². The number of nitrogens with zero attached hydrogens (tertiary/aromatic N) is 1. The standard InChI is InChI=1S/C16H18N2O6S2.K/c1-8(19)10-7-26-15-16(24-2,14(23)18(15)12(10)13(21)22)17-11(20)6-9-4-3-5-25-9;/h3-5,8,15,19H,6-7H2,1-2H3,(H,17,20)(H,21,22);/q;+1/p-1/t8?,15-,16+;/m1./s1. The minimum absolute atomic E-state index is 0. The second-order valence-corrected chi connectivity index (χ2v) is 8.02. The fourth-order valence-electron chi connectivity index (χ4n) is 3.03. The van der Waals surface area contributed by atoms with Gasteiger partial charge in [0.25, 0.3) is 11.6 Å². The van der Waals surface area contributed by atoms with E-state index in [2.05, 4.69) is 5.32 Å². The van der Waals surface area contributed by atoms with Crippen molar-refractivity contribution in [3.63, 3.8) is 0 Å². The molecule has 2 N–H and O–H groups in total. The first-order valence-electron chi connectivity index (χ1n) is 7.78. The first-order valence-corrected chi connectivity index (χ1v) is 9.71. The van der Waals surface area contributed by atoms with Gasteiger partial charge in [0.1, 0.15) is 5.37 Å². The molecule has 140 valence electrons. The summed E-state index contributed by atoms with van der Waals surface area (Å²) in [5.41, 5.74) is -1.78. The first-order chi connectivity index (χ1) is 12.3. The van der Waals surface area contributed by atoms with Crippen molar-refractivity contribution in [1.82, 2.24) is 10.2 Å². The van der Waals surface area contributed by atoms with Gasteiger partial charge in [-0.05, 0) is 23.9 Å². The summed E-state index contributed by atoms with van der Waals surface area (Å²) in [5.74, 6) is -2.46. The van der Waals surface area contributed by atoms with Crippen LogP contribution in [0.5, 0.6) is 0 Å². The number of hydrogen-bond acceptors (Lipinski definition) is 8. The number of aliphatic hydroxyl groups excluding tert-OH is 1. The number of aliphatic hydroxyl groups is 1. The predicted octanol–water partition coefficient (Wildman–Crippen LogP) is -3.95. The number of ether oxygens (including phenoxy) is 1. The zero-order chi connectivity index (χ0) is 19.1. The van der Waals surface area contributed by atoms with Crippen LogP contribution in [0, 0.1) is 0 Å². The number of carbonyl (C=O) groups is 3. The molecule has 1 aromatic rings. The Bertz CT molecular complexity index is 782. The second kappa shape index (κ2) is 9.05. The fourth-order valence-corrected chi connectivity index (χ4v) is 5.29. The van der Waals surface area contributed by atoms with Crippen LogP contribution in [-0.2, 0) is 25.5 Å². The molecule has 0 saturated carbocycles. The van der Waals surface area contributed by atoms with Crippen molar-refractivity contribution < 1.29 is 80.7 Å². The Labute approximate surface area is 206 Å². The second-order valence-electron chi connectivity index (χ2n) is 5.92. The molecular formula is C16H17KN2O6S2. The maximum absolute atomic E-state index is 12.7. The van der Waals surface area contributed by atoms with Gasteiger partial charge in [0.05, 0.1) is 24.2 Å². The molecule has 1 fully saturated rings. The van der Waals surface area contributed by atoms with E-state index in [4.69, 9.17) is 4.74 Å². The number of aliphatic carboxylic acids is 1. The van der Waals surface area contributed by atoms with Crippen molar-refractivity contribution in [2.75, 3.05) is 12.9 Å². The number of β-lactam (4-membered cyclic amide) rings is 1. The molecule has 0 aliphatic carbocycles. The summed E-state index contributed by atoms with van der Waals surface area (Å²) < 4.78 is 5.33. The SMILES string of the molecule is CO[C@@]1(NC(=O)Cc2cccs2)C(=O)N2C(C(=O)[O-])=C(C(C)O)CS[C@@H]21.[K+]. The van der Waals surface area contributed by atoms with E-state index in [1.165, 1.54) is 37.1 Å². The number of amides is 2. The molecule has 0 radical (unpaired) electrons. The normalized spacial score (nSPS) is 25.2. The summed E-state index contributed by atoms with van der Waals surface area (Å²) in [6.45, 7) is 1.43. The minimum Gasteiger partial charge on any atom is -0.543 e. The summed E-state index contributed by atoms with van der Waals surface area (Å²) in [6.07, 6.45) is -0.939. The molecule has 3 atom stereocenters. The third-order valence-electron chi connectivity index (χ3n) is 4.32. The number of thiophene rings is 1. The fraction of sp³-hybridized carbons (Fsp3) is 0.438. The Morgan fingerprint density at radius 1 is 1.56 bits per heavy atom. The zero-order valence-electron chi connectivity index (χ0n) is 15.1. The van der Waals surface area contributed by atoms with Crippen LogP contribution in [-0.4, -0.2) is 57.9 Å². The van der Waals surface area contributed by atoms with E-state index in [9.17, 15) is 24.6 Å². The number of nitrogens with one attached hydrogen (secondary N) is 1. The molecule has 1 unspecified atom stereocenters. The van der Waals surface area contributed by atoms with E-state index in [1.54, 1.807) is 6.07 Å². The van der Waals surface area contributed by atoms with Gasteiger partial charge in [-0.2, -0.15) is 0 Å². The molecule has 2 amide bonds. The van der Waals surface area contributed by atoms with Crippen LogP contribution >= 0.6 is 23.1 Å². The Morgan fingerprint density at radius 2 is 2.26 bits per heavy atom. The van der Waals surface area contributed by atoms with Crippen molar-refractivity contribution in [3.05, 3.63) is 33.7 Å². The van der Waals surface area contributed by atoms with Crippen molar-refractivity contribution in [3.8, 4) is 0 Å². The summed E-state index contributed by atoms with van der Waals surface area (Å²) in [7, 11) is 1.29. The van der Waals surface area contributed by atoms with Crippen molar-refractivity contribution >= 4 is 40.9 Å². The van der Waals surface area contributed by atoms with Crippen LogP contribution in [0.15, 0.2) is 28.8 Å². The third kappa shape index (κ3) is 4.07. The number of carboxylic acids is 1. The molecule has 0 spiro atoms. The summed E-state index contributed by atoms with van der Waals surface area (Å²) in [5, 5.41) is 25.0. The van der Waals surface area contributed by atoms with Crippen LogP contribution in [0.2, 0.25) is 0 Å². The van der Waals surface area contributed by atoms with Gasteiger partial charge in [-0.3, -0.25) is 14.5 Å². The first kappa shape index (κ1) is 23.0. The van der Waals surface area contributed by atoms with Crippen LogP contribution in [0.25, 0.3) is 0 Å². The molecule has 1 aromatic heterocycles. The van der Waals surface area contributed by atoms with Crippen molar-refractivity contribution in [1.29, 1.82) is 0 Å². The van der Waals surface area contributed by atoms with Crippen molar-refractivity contribution in [2.45, 2.75) is 30.5 Å². The Morgan fingerprint density at radius 3 is 2.78 bits per heavy atom. The summed E-state index contributed by atoms with van der Waals surface area (Å²) >= 11 is 2.63. The number of hydrogen-bond donors (Lipinski definition) is 2. The molecule has 3 rings (SSSR count). The van der Waals surface area contributed by atoms with Crippen LogP contribution in [0.3, 0.4) is 0 Å². The van der Waals surface area contributed by atoms with Gasteiger partial charge < -0.3 is 25.1 Å². The molecule has 2 aliphatic rings. The molecule has 11 heteroatoms. The zero-order valence-corrected chi connectivity index (χ0v) is 19.8. The molecule has 0 aromatic carbocycles. The number of methoxy groups -OCH3 is 1.